The summed E-state index contributed by atoms with van der Waals surface area (Å²) < 4.78 is 0. The minimum Gasteiger partial charge on any atom is -0.298 e. The number of hydrogen-bond acceptors (Lipinski definition) is 2. The number of hydrogen-bond donors (Lipinski definition) is 1. The summed E-state index contributed by atoms with van der Waals surface area (Å²) in [5.74, 6) is 3.24. The van der Waals surface area contributed by atoms with Crippen LogP contribution in [0.25, 0.3) is 0 Å². The average molecular weight is 200 g/mol. The predicted molar refractivity (Wildman–Crippen MR) is 61.5 cm³/mol. The van der Waals surface area contributed by atoms with Gasteiger partial charge in [0.1, 0.15) is 0 Å². The molecule has 0 saturated heterocycles. The molecule has 0 spiro atoms. The Morgan fingerprint density at radius 2 is 2.47 bits per heavy atom. The van der Waals surface area contributed by atoms with Gasteiger partial charge in [-0.1, -0.05) is 18.9 Å². The molecule has 1 aromatic rings. The number of nitrogens with zero attached hydrogens (tertiary/aromatic N) is 1. The lowest BCUT2D eigenvalue weighted by molar-refractivity contribution is 0.438. The minimum atomic E-state index is 0.341. The summed E-state index contributed by atoms with van der Waals surface area (Å²) in [5.41, 5.74) is 2.56. The minimum absolute atomic E-state index is 0.341. The third-order valence-electron chi connectivity index (χ3n) is 3.07. The molecule has 2 nitrogen and oxygen atoms in total. The summed E-state index contributed by atoms with van der Waals surface area (Å²) in [4.78, 5) is 4.47. The van der Waals surface area contributed by atoms with Crippen molar-refractivity contribution in [2.45, 2.75) is 31.7 Å². The molecule has 1 aliphatic rings. The van der Waals surface area contributed by atoms with Crippen molar-refractivity contribution in [1.29, 1.82) is 0 Å². The summed E-state index contributed by atoms with van der Waals surface area (Å²) in [6, 6.07) is 4.53. The smallest absolute Gasteiger partial charge is 0.0608 e. The van der Waals surface area contributed by atoms with Crippen LogP contribution in [-0.2, 0) is 0 Å². The molecule has 0 fully saturated rings. The third-order valence-corrected chi connectivity index (χ3v) is 3.07. The van der Waals surface area contributed by atoms with Crippen LogP contribution in [-0.4, -0.2) is 11.5 Å². The zero-order chi connectivity index (χ0) is 10.7. The van der Waals surface area contributed by atoms with E-state index >= 15 is 0 Å². The highest BCUT2D eigenvalue weighted by molar-refractivity contribution is 5.29. The predicted octanol–water partition coefficient (Wildman–Crippen LogP) is 2.24. The van der Waals surface area contributed by atoms with Crippen molar-refractivity contribution in [3.05, 3.63) is 29.6 Å². The van der Waals surface area contributed by atoms with Crippen molar-refractivity contribution in [3.63, 3.8) is 0 Å². The van der Waals surface area contributed by atoms with Gasteiger partial charge in [-0.25, -0.2) is 0 Å². The van der Waals surface area contributed by atoms with Gasteiger partial charge in [0.25, 0.3) is 0 Å². The Morgan fingerprint density at radius 1 is 1.60 bits per heavy atom. The van der Waals surface area contributed by atoms with E-state index in [9.17, 15) is 0 Å². The van der Waals surface area contributed by atoms with Crippen LogP contribution in [0.4, 0.5) is 0 Å². The van der Waals surface area contributed by atoms with E-state index in [0.29, 0.717) is 18.5 Å². The van der Waals surface area contributed by atoms with Gasteiger partial charge in [0.2, 0.25) is 0 Å². The Hall–Kier alpha value is -1.33. The Labute approximate surface area is 91.1 Å². The molecule has 0 saturated carbocycles. The Bertz CT molecular complexity index is 378. The van der Waals surface area contributed by atoms with E-state index in [-0.39, 0.29) is 0 Å². The maximum absolute atomic E-state index is 5.26. The molecule has 2 heteroatoms. The van der Waals surface area contributed by atoms with Crippen LogP contribution in [0.15, 0.2) is 18.3 Å². The van der Waals surface area contributed by atoms with Crippen molar-refractivity contribution < 1.29 is 0 Å². The van der Waals surface area contributed by atoms with E-state index in [4.69, 9.17) is 6.42 Å². The number of rotatable bonds is 2. The van der Waals surface area contributed by atoms with Gasteiger partial charge in [0.15, 0.2) is 0 Å². The fourth-order valence-corrected chi connectivity index (χ4v) is 2.23. The average Bonchev–Trinajstić information content (AvgIpc) is 2.29. The van der Waals surface area contributed by atoms with Crippen molar-refractivity contribution >= 4 is 0 Å². The summed E-state index contributed by atoms with van der Waals surface area (Å²) in [6.07, 6.45) is 9.46. The second-order valence-electron chi connectivity index (χ2n) is 4.09. The van der Waals surface area contributed by atoms with Crippen LogP contribution < -0.4 is 5.32 Å². The largest absolute Gasteiger partial charge is 0.298 e. The number of aromatic nitrogens is 1. The molecule has 0 radical (unpaired) electrons. The zero-order valence-electron chi connectivity index (χ0n) is 9.03. The maximum atomic E-state index is 5.26. The highest BCUT2D eigenvalue weighted by Crippen LogP contribution is 2.35. The van der Waals surface area contributed by atoms with Crippen LogP contribution in [0, 0.1) is 12.3 Å². The van der Waals surface area contributed by atoms with Gasteiger partial charge < -0.3 is 0 Å². The first-order valence-electron chi connectivity index (χ1n) is 5.44. The molecule has 0 amide bonds. The maximum Gasteiger partial charge on any atom is 0.0608 e. The van der Waals surface area contributed by atoms with E-state index in [1.165, 1.54) is 17.7 Å². The quantitative estimate of drug-likeness (QED) is 0.741. The lowest BCUT2D eigenvalue weighted by Crippen LogP contribution is -2.27. The van der Waals surface area contributed by atoms with Gasteiger partial charge in [-0.3, -0.25) is 10.3 Å². The third kappa shape index (κ3) is 2.03. The molecule has 0 aromatic carbocycles. The van der Waals surface area contributed by atoms with Crippen molar-refractivity contribution in [2.75, 3.05) is 6.54 Å². The molecule has 1 aromatic heterocycles. The van der Waals surface area contributed by atoms with Gasteiger partial charge >= 0.3 is 0 Å². The molecular formula is C13H16N2. The molecule has 2 rings (SSSR count). The van der Waals surface area contributed by atoms with Crippen molar-refractivity contribution in [1.82, 2.24) is 10.3 Å². The fraction of sp³-hybridized carbons (Fsp3) is 0.462. The molecule has 2 atom stereocenters. The Kier molecular flexibility index (Phi) is 3.03. The molecule has 15 heavy (non-hydrogen) atoms. The van der Waals surface area contributed by atoms with Crippen molar-refractivity contribution in [3.8, 4) is 12.3 Å². The molecular weight excluding hydrogens is 184 g/mol. The first-order valence-corrected chi connectivity index (χ1v) is 5.44. The van der Waals surface area contributed by atoms with Gasteiger partial charge in [-0.15, -0.1) is 6.42 Å². The number of terminal acetylenes is 1. The van der Waals surface area contributed by atoms with Gasteiger partial charge in [-0.05, 0) is 30.4 Å². The molecule has 78 valence electrons. The molecule has 2 unspecified atom stereocenters. The van der Waals surface area contributed by atoms with Crippen LogP contribution in [0.5, 0.6) is 0 Å². The Morgan fingerprint density at radius 3 is 3.27 bits per heavy atom. The fourth-order valence-electron chi connectivity index (χ4n) is 2.23. The highest BCUT2D eigenvalue weighted by atomic mass is 14.9. The van der Waals surface area contributed by atoms with Gasteiger partial charge in [0.05, 0.1) is 18.3 Å². The first-order chi connectivity index (χ1) is 7.33. The lowest BCUT2D eigenvalue weighted by atomic mass is 9.84. The van der Waals surface area contributed by atoms with Crippen molar-refractivity contribution in [2.24, 2.45) is 0 Å². The summed E-state index contributed by atoms with van der Waals surface area (Å²) >= 11 is 0. The standard InChI is InChI=1S/C13H16N2/c1-3-8-14-12-7-6-10(2)11-5-4-9-15-13(11)12/h1,4-5,9-10,12,14H,6-8H2,2H3. The van der Waals surface area contributed by atoms with Gasteiger partial charge in [-0.2, -0.15) is 0 Å². The Balaban J connectivity index is 2.25. The van der Waals surface area contributed by atoms with E-state index in [1.54, 1.807) is 0 Å². The van der Waals surface area contributed by atoms with E-state index in [0.717, 1.165) is 6.42 Å². The molecule has 0 aliphatic heterocycles. The van der Waals surface area contributed by atoms with Crippen LogP contribution in [0.2, 0.25) is 0 Å². The summed E-state index contributed by atoms with van der Waals surface area (Å²) in [7, 11) is 0. The zero-order valence-corrected chi connectivity index (χ0v) is 9.03. The monoisotopic (exact) mass is 200 g/mol. The van der Waals surface area contributed by atoms with Gasteiger partial charge in [0, 0.05) is 6.20 Å². The molecule has 0 bridgehead atoms. The highest BCUT2D eigenvalue weighted by Gasteiger charge is 2.24. The van der Waals surface area contributed by atoms with Crippen LogP contribution >= 0.6 is 0 Å². The lowest BCUT2D eigenvalue weighted by Gasteiger charge is -2.28. The molecule has 1 heterocycles. The summed E-state index contributed by atoms with van der Waals surface area (Å²) in [6.45, 7) is 2.88. The number of pyridine rings is 1. The number of nitrogens with one attached hydrogen (secondary N) is 1. The van der Waals surface area contributed by atoms with E-state index in [2.05, 4.69) is 29.2 Å². The molecule has 1 aliphatic carbocycles. The van der Waals surface area contributed by atoms with E-state index in [1.807, 2.05) is 12.3 Å². The SMILES string of the molecule is C#CCNC1CCC(C)c2cccnc21. The number of fused-ring (bicyclic) bond motifs is 1. The first kappa shape index (κ1) is 10.2. The normalized spacial score (nSPS) is 24.3. The van der Waals surface area contributed by atoms with E-state index < -0.39 is 0 Å². The van der Waals surface area contributed by atoms with Crippen LogP contribution in [0.1, 0.15) is 43.0 Å². The second-order valence-corrected chi connectivity index (χ2v) is 4.09. The topological polar surface area (TPSA) is 24.9 Å². The molecule has 1 N–H and O–H groups in total. The van der Waals surface area contributed by atoms with Crippen LogP contribution in [0.3, 0.4) is 0 Å². The second kappa shape index (κ2) is 4.46. The summed E-state index contributed by atoms with van der Waals surface area (Å²) in [5, 5.41) is 3.35.